The highest BCUT2D eigenvalue weighted by atomic mass is 32.2. The highest BCUT2D eigenvalue weighted by Crippen LogP contribution is 2.36. The third-order valence-corrected chi connectivity index (χ3v) is 6.22. The van der Waals surface area contributed by atoms with Crippen molar-refractivity contribution in [1.29, 1.82) is 0 Å². The molecule has 3 aromatic rings. The molecule has 2 heterocycles. The van der Waals surface area contributed by atoms with Crippen LogP contribution in [-0.2, 0) is 4.79 Å². The van der Waals surface area contributed by atoms with Gasteiger partial charge < -0.3 is 15.4 Å². The number of amides is 2. The number of hydrogen-bond donors (Lipinski definition) is 3. The Labute approximate surface area is 177 Å². The lowest BCUT2D eigenvalue weighted by Gasteiger charge is -2.21. The van der Waals surface area contributed by atoms with E-state index in [-0.39, 0.29) is 17.1 Å². The summed E-state index contributed by atoms with van der Waals surface area (Å²) in [6.07, 6.45) is 1.73. The summed E-state index contributed by atoms with van der Waals surface area (Å²) in [6.45, 7) is 1.86. The van der Waals surface area contributed by atoms with Gasteiger partial charge in [0.15, 0.2) is 0 Å². The van der Waals surface area contributed by atoms with E-state index in [1.165, 1.54) is 23.7 Å². The maximum Gasteiger partial charge on any atom is 0.255 e. The predicted octanol–water partition coefficient (Wildman–Crippen LogP) is 4.89. The summed E-state index contributed by atoms with van der Waals surface area (Å²) in [6, 6.07) is 18.5. The lowest BCUT2D eigenvalue weighted by molar-refractivity contribution is -0.115. The fraction of sp³-hybridized carbons (Fsp3) is 0.0952. The Hall–Kier alpha value is -2.97. The Morgan fingerprint density at radius 3 is 2.72 bits per heavy atom. The summed E-state index contributed by atoms with van der Waals surface area (Å²) in [5, 5.41) is 5.60. The van der Waals surface area contributed by atoms with E-state index in [0.717, 1.165) is 15.6 Å². The summed E-state index contributed by atoms with van der Waals surface area (Å²) < 4.78 is 3.16. The Bertz CT molecular complexity index is 1040. The minimum absolute atomic E-state index is 0.0486. The fourth-order valence-corrected chi connectivity index (χ4v) is 4.24. The predicted molar refractivity (Wildman–Crippen MR) is 119 cm³/mol. The first-order chi connectivity index (χ1) is 14.1. The number of carbonyl (C=O) groups is 2. The first-order valence-corrected chi connectivity index (χ1v) is 10.6. The van der Waals surface area contributed by atoms with Crippen LogP contribution in [0.15, 0.2) is 76.7 Å². The summed E-state index contributed by atoms with van der Waals surface area (Å²) in [5.74, 6) is 0.507. The van der Waals surface area contributed by atoms with Gasteiger partial charge in [0.2, 0.25) is 5.91 Å². The van der Waals surface area contributed by atoms with Crippen LogP contribution in [0.25, 0.3) is 0 Å². The monoisotopic (exact) mass is 422 g/mol. The maximum absolute atomic E-state index is 12.6. The molecule has 1 aromatic heterocycles. The summed E-state index contributed by atoms with van der Waals surface area (Å²) in [5.41, 5.74) is 1.87. The Morgan fingerprint density at radius 1 is 1.14 bits per heavy atom. The van der Waals surface area contributed by atoms with Crippen LogP contribution in [-0.4, -0.2) is 22.0 Å². The van der Waals surface area contributed by atoms with E-state index in [0.29, 0.717) is 16.9 Å². The zero-order valence-corrected chi connectivity index (χ0v) is 17.1. The number of aromatic nitrogens is 1. The molecule has 6 nitrogen and oxygen atoms in total. The van der Waals surface area contributed by atoms with Crippen LogP contribution in [0.1, 0.15) is 17.3 Å². The number of carbonyl (C=O) groups excluding carboxylic acids is 2. The average Bonchev–Trinajstić information content (AvgIpc) is 2.74. The molecule has 29 heavy (non-hydrogen) atoms. The molecule has 1 atom stereocenters. The molecule has 1 aliphatic heterocycles. The van der Waals surface area contributed by atoms with Crippen LogP contribution in [0.2, 0.25) is 0 Å². The molecule has 0 saturated heterocycles. The largest absolute Gasteiger partial charge is 0.324 e. The second kappa shape index (κ2) is 8.59. The second-order valence-corrected chi connectivity index (χ2v) is 8.62. The van der Waals surface area contributed by atoms with Crippen molar-refractivity contribution in [2.24, 2.45) is 0 Å². The van der Waals surface area contributed by atoms with Crippen molar-refractivity contribution in [3.63, 3.8) is 0 Å². The van der Waals surface area contributed by atoms with Crippen LogP contribution >= 0.6 is 23.7 Å². The minimum atomic E-state index is -0.224. The lowest BCUT2D eigenvalue weighted by atomic mass is 10.1. The van der Waals surface area contributed by atoms with E-state index in [4.69, 9.17) is 0 Å². The van der Waals surface area contributed by atoms with Crippen LogP contribution in [0, 0.1) is 0 Å². The molecule has 146 valence electrons. The highest BCUT2D eigenvalue weighted by molar-refractivity contribution is 8.01. The molecule has 0 saturated carbocycles. The normalized spacial score (nSPS) is 15.2. The van der Waals surface area contributed by atoms with Gasteiger partial charge in [0.25, 0.3) is 5.91 Å². The Morgan fingerprint density at radius 2 is 1.97 bits per heavy atom. The number of benzene rings is 2. The van der Waals surface area contributed by atoms with Gasteiger partial charge in [0.05, 0.1) is 10.9 Å². The number of fused-ring (bicyclic) bond motifs is 1. The topological polar surface area (TPSA) is 83.1 Å². The quantitative estimate of drug-likeness (QED) is 0.508. The first kappa shape index (κ1) is 19.4. The van der Waals surface area contributed by atoms with E-state index < -0.39 is 0 Å². The van der Waals surface area contributed by atoms with Gasteiger partial charge in [-0.3, -0.25) is 9.59 Å². The molecule has 2 aromatic carbocycles. The van der Waals surface area contributed by atoms with Crippen LogP contribution in [0.3, 0.4) is 0 Å². The number of rotatable bonds is 5. The van der Waals surface area contributed by atoms with E-state index in [1.54, 1.807) is 18.3 Å². The molecule has 8 heteroatoms. The van der Waals surface area contributed by atoms with Crippen molar-refractivity contribution < 1.29 is 9.59 Å². The van der Waals surface area contributed by atoms with E-state index >= 15 is 0 Å². The third-order valence-electron chi connectivity index (χ3n) is 4.22. The van der Waals surface area contributed by atoms with Crippen molar-refractivity contribution in [3.8, 4) is 0 Å². The number of nitrogens with zero attached hydrogens (tertiary/aromatic N) is 1. The van der Waals surface area contributed by atoms with Crippen molar-refractivity contribution in [2.45, 2.75) is 22.0 Å². The molecule has 2 amide bonds. The van der Waals surface area contributed by atoms with Gasteiger partial charge in [0, 0.05) is 27.2 Å². The SMILES string of the molecule is CC1Sc2ccc(C(=O)Nc3ccc(SNc4ccccn4)cc3)cc2NC1=O. The number of nitrogens with one attached hydrogen (secondary N) is 3. The molecule has 1 aliphatic rings. The molecule has 0 fully saturated rings. The zero-order chi connectivity index (χ0) is 20.2. The number of hydrogen-bond acceptors (Lipinski definition) is 6. The van der Waals surface area contributed by atoms with Crippen molar-refractivity contribution in [3.05, 3.63) is 72.4 Å². The summed E-state index contributed by atoms with van der Waals surface area (Å²) >= 11 is 2.94. The van der Waals surface area contributed by atoms with Gasteiger partial charge in [-0.15, -0.1) is 11.8 Å². The van der Waals surface area contributed by atoms with Gasteiger partial charge >= 0.3 is 0 Å². The minimum Gasteiger partial charge on any atom is -0.324 e. The van der Waals surface area contributed by atoms with Crippen LogP contribution in [0.5, 0.6) is 0 Å². The number of thioether (sulfide) groups is 1. The smallest absolute Gasteiger partial charge is 0.255 e. The molecule has 1 unspecified atom stereocenters. The van der Waals surface area contributed by atoms with Crippen molar-refractivity contribution in [1.82, 2.24) is 4.98 Å². The second-order valence-electron chi connectivity index (χ2n) is 6.36. The lowest BCUT2D eigenvalue weighted by Crippen LogP contribution is -2.26. The van der Waals surface area contributed by atoms with E-state index in [2.05, 4.69) is 20.3 Å². The Kier molecular flexibility index (Phi) is 5.73. The first-order valence-electron chi connectivity index (χ1n) is 8.95. The molecular formula is C21H18N4O2S2. The van der Waals surface area contributed by atoms with Gasteiger partial charge in [-0.25, -0.2) is 4.98 Å². The molecule has 4 rings (SSSR count). The fourth-order valence-electron chi connectivity index (χ4n) is 2.69. The zero-order valence-electron chi connectivity index (χ0n) is 15.5. The maximum atomic E-state index is 12.6. The van der Waals surface area contributed by atoms with Gasteiger partial charge in [-0.1, -0.05) is 6.07 Å². The van der Waals surface area contributed by atoms with E-state index in [1.807, 2.05) is 55.5 Å². The number of pyridine rings is 1. The van der Waals surface area contributed by atoms with Crippen LogP contribution < -0.4 is 15.4 Å². The van der Waals surface area contributed by atoms with Crippen LogP contribution in [0.4, 0.5) is 17.2 Å². The van der Waals surface area contributed by atoms with Gasteiger partial charge in [0.1, 0.15) is 5.82 Å². The molecule has 0 bridgehead atoms. The standard InChI is InChI=1S/C21H18N4O2S2/c1-13-20(26)24-17-12-14(5-10-18(17)28-13)21(27)23-15-6-8-16(9-7-15)29-25-19-4-2-3-11-22-19/h2-13H,1H3,(H,22,25)(H,23,27)(H,24,26). The molecular weight excluding hydrogens is 404 g/mol. The Balaban J connectivity index is 1.38. The van der Waals surface area contributed by atoms with Crippen molar-refractivity contribution in [2.75, 3.05) is 15.4 Å². The summed E-state index contributed by atoms with van der Waals surface area (Å²) in [4.78, 5) is 30.6. The van der Waals surface area contributed by atoms with Crippen molar-refractivity contribution >= 4 is 52.7 Å². The summed E-state index contributed by atoms with van der Waals surface area (Å²) in [7, 11) is 0. The molecule has 3 N–H and O–H groups in total. The number of anilines is 3. The van der Waals surface area contributed by atoms with Gasteiger partial charge in [-0.05, 0) is 73.5 Å². The third kappa shape index (κ3) is 4.72. The van der Waals surface area contributed by atoms with E-state index in [9.17, 15) is 9.59 Å². The molecule has 0 radical (unpaired) electrons. The average molecular weight is 423 g/mol. The van der Waals surface area contributed by atoms with Gasteiger partial charge in [-0.2, -0.15) is 0 Å². The molecule has 0 aliphatic carbocycles. The molecule has 0 spiro atoms. The highest BCUT2D eigenvalue weighted by Gasteiger charge is 2.23.